The third-order valence-corrected chi connectivity index (χ3v) is 13.1. The molecule has 7 heteroatoms. The van der Waals surface area contributed by atoms with E-state index in [9.17, 15) is 14.4 Å². The molecular weight excluding hydrogens is 855 g/mol. The molecule has 2 aromatic carbocycles. The fraction of sp³-hybridized carbons (Fsp3) is 0.694. The maximum Gasteiger partial charge on any atom is 0.306 e. The molecule has 0 N–H and O–H groups in total. The Kier molecular flexibility index (Phi) is 37.4. The summed E-state index contributed by atoms with van der Waals surface area (Å²) in [6, 6.07) is 19.7. The highest BCUT2D eigenvalue weighted by molar-refractivity contribution is 5.70. The third-order valence-electron chi connectivity index (χ3n) is 13.1. The van der Waals surface area contributed by atoms with Crippen LogP contribution in [0.1, 0.15) is 237 Å². The predicted molar refractivity (Wildman–Crippen MR) is 290 cm³/mol. The molecule has 1 atom stereocenters. The zero-order chi connectivity index (χ0) is 49.9. The Hall–Kier alpha value is -3.71. The lowest BCUT2D eigenvalue weighted by Crippen LogP contribution is -2.28. The summed E-state index contributed by atoms with van der Waals surface area (Å²) in [5.41, 5.74) is 2.01. The lowest BCUT2D eigenvalue weighted by atomic mass is 9.80. The summed E-state index contributed by atoms with van der Waals surface area (Å²) >= 11 is 0. The first-order valence-electron chi connectivity index (χ1n) is 28.1. The highest BCUT2D eigenvalue weighted by Gasteiger charge is 2.27. The molecule has 0 aliphatic rings. The highest BCUT2D eigenvalue weighted by Crippen LogP contribution is 2.31. The fourth-order valence-corrected chi connectivity index (χ4v) is 9.48. The van der Waals surface area contributed by atoms with Gasteiger partial charge in [0.2, 0.25) is 0 Å². The molecular formula is C62H101NO6. The number of carbonyl (C=O) groups excluding carboxylic acids is 3. The van der Waals surface area contributed by atoms with Crippen molar-refractivity contribution in [2.75, 3.05) is 20.6 Å². The van der Waals surface area contributed by atoms with E-state index in [4.69, 9.17) is 14.2 Å². The van der Waals surface area contributed by atoms with Crippen molar-refractivity contribution in [1.29, 1.82) is 0 Å². The van der Waals surface area contributed by atoms with E-state index < -0.39 is 0 Å². The molecule has 2 rings (SSSR count). The zero-order valence-electron chi connectivity index (χ0n) is 44.9. The first-order chi connectivity index (χ1) is 33.5. The monoisotopic (exact) mass is 956 g/mol. The second-order valence-electron chi connectivity index (χ2n) is 21.3. The van der Waals surface area contributed by atoms with Crippen molar-refractivity contribution in [3.05, 3.63) is 96.1 Å². The Morgan fingerprint density at radius 3 is 1.22 bits per heavy atom. The summed E-state index contributed by atoms with van der Waals surface area (Å²) in [7, 11) is 4.24. The summed E-state index contributed by atoms with van der Waals surface area (Å²) in [5.74, 6) is 0.352. The Labute approximate surface area is 423 Å². The molecule has 69 heavy (non-hydrogen) atoms. The van der Waals surface area contributed by atoms with Gasteiger partial charge in [-0.3, -0.25) is 14.4 Å². The van der Waals surface area contributed by atoms with Gasteiger partial charge in [0, 0.05) is 19.4 Å². The Balaban J connectivity index is 1.50. The van der Waals surface area contributed by atoms with Crippen molar-refractivity contribution in [3.63, 3.8) is 0 Å². The second kappa shape index (κ2) is 42.0. The van der Waals surface area contributed by atoms with Crippen LogP contribution < -0.4 is 0 Å². The van der Waals surface area contributed by atoms with Crippen LogP contribution in [0.5, 0.6) is 0 Å². The minimum atomic E-state index is -0.0897. The Morgan fingerprint density at radius 2 is 0.841 bits per heavy atom. The van der Waals surface area contributed by atoms with Gasteiger partial charge in [-0.2, -0.15) is 0 Å². The van der Waals surface area contributed by atoms with Crippen molar-refractivity contribution >= 4 is 17.9 Å². The predicted octanol–water partition coefficient (Wildman–Crippen LogP) is 17.2. The maximum atomic E-state index is 13.3. The average Bonchev–Trinajstić information content (AvgIpc) is 3.31. The Bertz CT molecular complexity index is 1490. The second-order valence-corrected chi connectivity index (χ2v) is 21.3. The number of hydrogen-bond donors (Lipinski definition) is 0. The first-order valence-corrected chi connectivity index (χ1v) is 28.1. The number of carbonyl (C=O) groups is 3. The quantitative estimate of drug-likeness (QED) is 0.0283. The van der Waals surface area contributed by atoms with Crippen molar-refractivity contribution in [2.24, 2.45) is 11.3 Å². The number of hydrogen-bond acceptors (Lipinski definition) is 7. The van der Waals surface area contributed by atoms with Gasteiger partial charge in [0.05, 0.1) is 6.42 Å². The molecule has 0 aliphatic heterocycles. The van der Waals surface area contributed by atoms with Gasteiger partial charge in [0.1, 0.15) is 19.3 Å². The van der Waals surface area contributed by atoms with Crippen LogP contribution in [0.15, 0.2) is 85.0 Å². The molecule has 390 valence electrons. The summed E-state index contributed by atoms with van der Waals surface area (Å²) < 4.78 is 17.0. The molecule has 7 nitrogen and oxygen atoms in total. The zero-order valence-corrected chi connectivity index (χ0v) is 44.9. The van der Waals surface area contributed by atoms with Gasteiger partial charge >= 0.3 is 17.9 Å². The molecule has 0 saturated carbocycles. The van der Waals surface area contributed by atoms with E-state index >= 15 is 0 Å². The van der Waals surface area contributed by atoms with Gasteiger partial charge in [0.25, 0.3) is 0 Å². The van der Waals surface area contributed by atoms with Gasteiger partial charge in [-0.15, -0.1) is 0 Å². The van der Waals surface area contributed by atoms with Gasteiger partial charge in [-0.1, -0.05) is 196 Å². The molecule has 0 amide bonds. The molecule has 0 spiro atoms. The third kappa shape index (κ3) is 38.7. The van der Waals surface area contributed by atoms with Crippen molar-refractivity contribution in [1.82, 2.24) is 4.90 Å². The number of nitrogens with zero attached hydrogens (tertiary/aromatic N) is 1. The summed E-state index contributed by atoms with van der Waals surface area (Å²) in [6.07, 6.45) is 44.9. The number of unbranched alkanes of at least 4 members (excludes halogenated alkanes) is 22. The van der Waals surface area contributed by atoms with E-state index in [2.05, 4.69) is 64.1 Å². The van der Waals surface area contributed by atoms with Crippen LogP contribution in [0, 0.1) is 11.3 Å². The van der Waals surface area contributed by atoms with E-state index in [0.717, 1.165) is 88.3 Å². The van der Waals surface area contributed by atoms with Gasteiger partial charge < -0.3 is 19.1 Å². The van der Waals surface area contributed by atoms with E-state index in [-0.39, 0.29) is 29.4 Å². The van der Waals surface area contributed by atoms with Crippen LogP contribution in [-0.4, -0.2) is 49.6 Å². The topological polar surface area (TPSA) is 82.1 Å². The molecule has 0 aromatic heterocycles. The van der Waals surface area contributed by atoms with E-state index in [1.165, 1.54) is 116 Å². The van der Waals surface area contributed by atoms with E-state index in [0.29, 0.717) is 38.4 Å². The molecule has 0 fully saturated rings. The van der Waals surface area contributed by atoms with E-state index in [1.54, 1.807) is 0 Å². The van der Waals surface area contributed by atoms with Crippen LogP contribution >= 0.6 is 0 Å². The maximum absolute atomic E-state index is 13.3. The molecule has 0 aliphatic carbocycles. The number of rotatable bonds is 45. The number of allylic oxidation sites excluding steroid dienone is 4. The van der Waals surface area contributed by atoms with Crippen LogP contribution in [-0.2, 0) is 41.8 Å². The first kappa shape index (κ1) is 61.4. The van der Waals surface area contributed by atoms with Gasteiger partial charge in [0.15, 0.2) is 0 Å². The number of esters is 3. The SMILES string of the molecule is CC(CN(C)C)CC(C)(C)CC(=O)OC(CCCCCCCC/C=C\CCCCCCCC(=O)OCc1ccccc1)CCCCCCCC/C=C\CCCCCCCC(=O)OCc1ccccc1. The van der Waals surface area contributed by atoms with Crippen LogP contribution in [0.25, 0.3) is 0 Å². The largest absolute Gasteiger partial charge is 0.462 e. The van der Waals surface area contributed by atoms with Crippen LogP contribution in [0.3, 0.4) is 0 Å². The summed E-state index contributed by atoms with van der Waals surface area (Å²) in [5, 5.41) is 0. The van der Waals surface area contributed by atoms with Crippen molar-refractivity contribution in [2.45, 2.75) is 246 Å². The van der Waals surface area contributed by atoms with Gasteiger partial charge in [-0.05, 0) is 133 Å². The normalized spacial score (nSPS) is 12.4. The minimum Gasteiger partial charge on any atom is -0.462 e. The van der Waals surface area contributed by atoms with Crippen LogP contribution in [0.4, 0.5) is 0 Å². The fourth-order valence-electron chi connectivity index (χ4n) is 9.48. The highest BCUT2D eigenvalue weighted by atomic mass is 16.5. The lowest BCUT2D eigenvalue weighted by Gasteiger charge is -2.29. The van der Waals surface area contributed by atoms with Crippen molar-refractivity contribution in [3.8, 4) is 0 Å². The molecule has 0 radical (unpaired) electrons. The molecule has 1 unspecified atom stereocenters. The van der Waals surface area contributed by atoms with E-state index in [1.807, 2.05) is 60.7 Å². The number of ether oxygens (including phenoxy) is 3. The van der Waals surface area contributed by atoms with Gasteiger partial charge in [-0.25, -0.2) is 0 Å². The Morgan fingerprint density at radius 1 is 0.493 bits per heavy atom. The number of benzene rings is 2. The standard InChI is InChI=1S/C62H101NO6/c1-55(52-63(4)5)50-62(2,3)51-61(66)69-58(46-38-28-24-20-16-12-8-6-10-14-18-22-26-30-40-48-59(64)67-53-56-42-34-32-35-43-56)47-39-29-25-21-17-13-9-7-11-15-19-23-27-31-41-49-60(65)68-54-57-44-36-33-37-45-57/h6-7,10-11,32-37,42-45,55,58H,8-9,12-31,38-41,46-54H2,1-5H3/b10-6-,11-7-. The summed E-state index contributed by atoms with van der Waals surface area (Å²) in [6.45, 7) is 8.52. The minimum absolute atomic E-state index is 0.00828. The van der Waals surface area contributed by atoms with Crippen LogP contribution in [0.2, 0.25) is 0 Å². The average molecular weight is 956 g/mol. The van der Waals surface area contributed by atoms with Crippen molar-refractivity contribution < 1.29 is 28.6 Å². The smallest absolute Gasteiger partial charge is 0.306 e. The summed E-state index contributed by atoms with van der Waals surface area (Å²) in [4.78, 5) is 39.5. The molecule has 0 bridgehead atoms. The molecule has 0 heterocycles. The molecule has 0 saturated heterocycles. The lowest BCUT2D eigenvalue weighted by molar-refractivity contribution is -0.152. The molecule has 2 aromatic rings.